The smallest absolute Gasteiger partial charge is 0.127 e. The Bertz CT molecular complexity index is 314. The average Bonchev–Trinajstić information content (AvgIpc) is 2.21. The number of hydrogen-bond acceptors (Lipinski definition) is 1. The van der Waals surface area contributed by atoms with Gasteiger partial charge >= 0.3 is 0 Å². The van der Waals surface area contributed by atoms with E-state index in [1.54, 1.807) is 0 Å². The van der Waals surface area contributed by atoms with Crippen molar-refractivity contribution in [2.45, 2.75) is 19.8 Å². The number of nitrogens with one attached hydrogen (secondary N) is 1. The van der Waals surface area contributed by atoms with Gasteiger partial charge in [0, 0.05) is 4.47 Å². The zero-order chi connectivity index (χ0) is 11.3. The van der Waals surface area contributed by atoms with E-state index in [-0.39, 0.29) is 5.82 Å². The van der Waals surface area contributed by atoms with Crippen LogP contribution in [0.2, 0.25) is 0 Å². The molecule has 0 saturated carbocycles. The van der Waals surface area contributed by atoms with Gasteiger partial charge < -0.3 is 5.32 Å². The Morgan fingerprint density at radius 3 is 2.73 bits per heavy atom. The van der Waals surface area contributed by atoms with Crippen molar-refractivity contribution in [1.29, 1.82) is 0 Å². The molecule has 0 aliphatic rings. The zero-order valence-electron chi connectivity index (χ0n) is 9.19. The molecule has 0 bridgehead atoms. The standard InChI is InChI=1S/C12H17BrFN/c1-3-9(8-15-2)6-10-4-5-11(13)7-12(10)14/h4-5,7,9,15H,3,6,8H2,1-2H3. The van der Waals surface area contributed by atoms with Gasteiger partial charge in [-0.3, -0.25) is 0 Å². The van der Waals surface area contributed by atoms with Crippen molar-refractivity contribution in [3.8, 4) is 0 Å². The van der Waals surface area contributed by atoms with Crippen LogP contribution in [0.15, 0.2) is 22.7 Å². The van der Waals surface area contributed by atoms with Crippen molar-refractivity contribution in [2.24, 2.45) is 5.92 Å². The molecule has 1 nitrogen and oxygen atoms in total. The highest BCUT2D eigenvalue weighted by molar-refractivity contribution is 9.10. The summed E-state index contributed by atoms with van der Waals surface area (Å²) in [7, 11) is 1.93. The lowest BCUT2D eigenvalue weighted by atomic mass is 9.96. The highest BCUT2D eigenvalue weighted by Gasteiger charge is 2.10. The first-order valence-electron chi connectivity index (χ1n) is 5.25. The second-order valence-corrected chi connectivity index (χ2v) is 4.69. The monoisotopic (exact) mass is 273 g/mol. The summed E-state index contributed by atoms with van der Waals surface area (Å²) >= 11 is 3.26. The Labute approximate surface area is 99.2 Å². The fraction of sp³-hybridized carbons (Fsp3) is 0.500. The molecule has 3 heteroatoms. The van der Waals surface area contributed by atoms with Crippen molar-refractivity contribution in [1.82, 2.24) is 5.32 Å². The minimum absolute atomic E-state index is 0.112. The van der Waals surface area contributed by atoms with Gasteiger partial charge in [0.15, 0.2) is 0 Å². The van der Waals surface area contributed by atoms with Gasteiger partial charge in [0.25, 0.3) is 0 Å². The van der Waals surface area contributed by atoms with Crippen molar-refractivity contribution in [2.75, 3.05) is 13.6 Å². The van der Waals surface area contributed by atoms with E-state index in [4.69, 9.17) is 0 Å². The molecule has 0 heterocycles. The maximum absolute atomic E-state index is 13.5. The summed E-state index contributed by atoms with van der Waals surface area (Å²) in [5, 5.41) is 3.14. The zero-order valence-corrected chi connectivity index (χ0v) is 10.8. The predicted molar refractivity (Wildman–Crippen MR) is 65.5 cm³/mol. The van der Waals surface area contributed by atoms with E-state index in [1.165, 1.54) is 6.07 Å². The van der Waals surface area contributed by atoms with Crippen molar-refractivity contribution < 1.29 is 4.39 Å². The predicted octanol–water partition coefficient (Wildman–Crippen LogP) is 3.38. The number of hydrogen-bond donors (Lipinski definition) is 1. The topological polar surface area (TPSA) is 12.0 Å². The first-order valence-corrected chi connectivity index (χ1v) is 6.05. The SMILES string of the molecule is CCC(CNC)Cc1ccc(Br)cc1F. The minimum atomic E-state index is -0.112. The molecule has 0 aromatic heterocycles. The summed E-state index contributed by atoms with van der Waals surface area (Å²) in [6.07, 6.45) is 1.87. The van der Waals surface area contributed by atoms with Crippen LogP contribution in [0.1, 0.15) is 18.9 Å². The second-order valence-electron chi connectivity index (χ2n) is 3.77. The Morgan fingerprint density at radius 2 is 2.20 bits per heavy atom. The largest absolute Gasteiger partial charge is 0.319 e. The molecule has 84 valence electrons. The minimum Gasteiger partial charge on any atom is -0.319 e. The molecular formula is C12H17BrFN. The molecule has 0 aliphatic carbocycles. The van der Waals surface area contributed by atoms with Crippen LogP contribution < -0.4 is 5.32 Å². The van der Waals surface area contributed by atoms with Gasteiger partial charge in [-0.1, -0.05) is 35.3 Å². The Morgan fingerprint density at radius 1 is 1.47 bits per heavy atom. The van der Waals surface area contributed by atoms with Gasteiger partial charge in [-0.05, 0) is 43.6 Å². The number of rotatable bonds is 5. The molecule has 1 unspecified atom stereocenters. The van der Waals surface area contributed by atoms with Crippen LogP contribution in [-0.4, -0.2) is 13.6 Å². The second kappa shape index (κ2) is 6.23. The summed E-state index contributed by atoms with van der Waals surface area (Å²) < 4.78 is 14.3. The van der Waals surface area contributed by atoms with E-state index in [1.807, 2.05) is 19.2 Å². The Balaban J connectivity index is 2.70. The molecule has 1 rings (SSSR count). The van der Waals surface area contributed by atoms with Crippen LogP contribution in [0.4, 0.5) is 4.39 Å². The highest BCUT2D eigenvalue weighted by atomic mass is 79.9. The molecule has 0 spiro atoms. The number of halogens is 2. The quantitative estimate of drug-likeness (QED) is 0.868. The first-order chi connectivity index (χ1) is 7.17. The van der Waals surface area contributed by atoms with Crippen molar-refractivity contribution in [3.63, 3.8) is 0 Å². The third-order valence-corrected chi connectivity index (χ3v) is 3.09. The van der Waals surface area contributed by atoms with Crippen LogP contribution in [0.5, 0.6) is 0 Å². The Hall–Kier alpha value is -0.410. The van der Waals surface area contributed by atoms with E-state index in [9.17, 15) is 4.39 Å². The van der Waals surface area contributed by atoms with Crippen LogP contribution in [-0.2, 0) is 6.42 Å². The van der Waals surface area contributed by atoms with E-state index in [0.29, 0.717) is 5.92 Å². The molecular weight excluding hydrogens is 257 g/mol. The lowest BCUT2D eigenvalue weighted by Gasteiger charge is -2.14. The Kier molecular flexibility index (Phi) is 5.26. The normalized spacial score (nSPS) is 12.8. The van der Waals surface area contributed by atoms with Gasteiger partial charge in [-0.15, -0.1) is 0 Å². The third-order valence-electron chi connectivity index (χ3n) is 2.59. The van der Waals surface area contributed by atoms with Crippen LogP contribution in [0, 0.1) is 11.7 Å². The van der Waals surface area contributed by atoms with Crippen LogP contribution in [0.25, 0.3) is 0 Å². The first kappa shape index (κ1) is 12.7. The van der Waals surface area contributed by atoms with Gasteiger partial charge in [0.1, 0.15) is 5.82 Å². The summed E-state index contributed by atoms with van der Waals surface area (Å²) in [6.45, 7) is 3.07. The fourth-order valence-electron chi connectivity index (χ4n) is 1.65. The summed E-state index contributed by atoms with van der Waals surface area (Å²) in [4.78, 5) is 0. The van der Waals surface area contributed by atoms with Crippen molar-refractivity contribution in [3.05, 3.63) is 34.1 Å². The molecule has 0 saturated heterocycles. The molecule has 1 aromatic rings. The van der Waals surface area contributed by atoms with Crippen molar-refractivity contribution >= 4 is 15.9 Å². The van der Waals surface area contributed by atoms with Gasteiger partial charge in [-0.25, -0.2) is 4.39 Å². The highest BCUT2D eigenvalue weighted by Crippen LogP contribution is 2.19. The van der Waals surface area contributed by atoms with Gasteiger partial charge in [-0.2, -0.15) is 0 Å². The van der Waals surface area contributed by atoms with Gasteiger partial charge in [0.2, 0.25) is 0 Å². The van der Waals surface area contributed by atoms with E-state index in [0.717, 1.165) is 29.4 Å². The molecule has 0 aliphatic heterocycles. The lowest BCUT2D eigenvalue weighted by Crippen LogP contribution is -2.20. The summed E-state index contributed by atoms with van der Waals surface area (Å²) in [6, 6.07) is 5.28. The maximum Gasteiger partial charge on any atom is 0.127 e. The molecule has 0 radical (unpaired) electrons. The molecule has 0 amide bonds. The molecule has 1 N–H and O–H groups in total. The third kappa shape index (κ3) is 3.92. The molecule has 0 fully saturated rings. The van der Waals surface area contributed by atoms with E-state index >= 15 is 0 Å². The molecule has 15 heavy (non-hydrogen) atoms. The summed E-state index contributed by atoms with van der Waals surface area (Å²) in [5.74, 6) is 0.393. The number of benzene rings is 1. The van der Waals surface area contributed by atoms with E-state index in [2.05, 4.69) is 28.2 Å². The van der Waals surface area contributed by atoms with Gasteiger partial charge in [0.05, 0.1) is 0 Å². The van der Waals surface area contributed by atoms with Crippen LogP contribution >= 0.6 is 15.9 Å². The fourth-order valence-corrected chi connectivity index (χ4v) is 1.98. The molecule has 1 atom stereocenters. The summed E-state index contributed by atoms with van der Waals surface area (Å²) in [5.41, 5.74) is 0.806. The van der Waals surface area contributed by atoms with E-state index < -0.39 is 0 Å². The maximum atomic E-state index is 13.5. The molecule has 1 aromatic carbocycles. The lowest BCUT2D eigenvalue weighted by molar-refractivity contribution is 0.469. The van der Waals surface area contributed by atoms with Crippen LogP contribution in [0.3, 0.4) is 0 Å². The average molecular weight is 274 g/mol.